The summed E-state index contributed by atoms with van der Waals surface area (Å²) in [5.74, 6) is 1.56. The second-order valence-corrected chi connectivity index (χ2v) is 9.28. The van der Waals surface area contributed by atoms with Crippen LogP contribution in [-0.2, 0) is 12.3 Å². The number of para-hydroxylation sites is 1. The Hall–Kier alpha value is -2.86. The first kappa shape index (κ1) is 22.0. The lowest BCUT2D eigenvalue weighted by Gasteiger charge is -2.12. The highest BCUT2D eigenvalue weighted by Crippen LogP contribution is 2.34. The fraction of sp³-hybridized carbons (Fsp3) is 0.115. The van der Waals surface area contributed by atoms with Gasteiger partial charge in [0.1, 0.15) is 0 Å². The van der Waals surface area contributed by atoms with Gasteiger partial charge in [0.2, 0.25) is 0 Å². The first-order chi connectivity index (χ1) is 16.1. The molecule has 2 aromatic heterocycles. The van der Waals surface area contributed by atoms with E-state index in [0.29, 0.717) is 10.0 Å². The molecule has 5 aromatic rings. The van der Waals surface area contributed by atoms with Gasteiger partial charge in [0, 0.05) is 28.8 Å². The van der Waals surface area contributed by atoms with Crippen LogP contribution in [0.2, 0.25) is 10.0 Å². The molecule has 0 aliphatic heterocycles. The molecule has 3 aromatic carbocycles. The minimum Gasteiger partial charge on any atom is -0.302 e. The third-order valence-corrected chi connectivity index (χ3v) is 7.19. The molecule has 7 heteroatoms. The molecule has 0 bridgehead atoms. The van der Waals surface area contributed by atoms with Crippen LogP contribution in [0.4, 0.5) is 0 Å². The smallest absolute Gasteiger partial charge is 0.191 e. The van der Waals surface area contributed by atoms with Gasteiger partial charge in [0.05, 0.1) is 21.3 Å². The molecule has 0 saturated carbocycles. The Balaban J connectivity index is 1.56. The molecule has 0 unspecified atom stereocenters. The molecular weight excluding hydrogens is 471 g/mol. The van der Waals surface area contributed by atoms with Gasteiger partial charge in [-0.05, 0) is 36.8 Å². The van der Waals surface area contributed by atoms with Gasteiger partial charge in [-0.15, -0.1) is 10.2 Å². The number of fused-ring (bicyclic) bond motifs is 1. The van der Waals surface area contributed by atoms with Crippen molar-refractivity contribution < 1.29 is 0 Å². The van der Waals surface area contributed by atoms with Gasteiger partial charge in [-0.3, -0.25) is 0 Å². The number of rotatable bonds is 6. The third kappa shape index (κ3) is 4.49. The first-order valence-corrected chi connectivity index (χ1v) is 12.3. The van der Waals surface area contributed by atoms with Crippen LogP contribution in [0.15, 0.2) is 84.0 Å². The van der Waals surface area contributed by atoms with Gasteiger partial charge in [-0.1, -0.05) is 89.6 Å². The van der Waals surface area contributed by atoms with Crippen LogP contribution in [0, 0.1) is 0 Å². The molecule has 0 aliphatic rings. The van der Waals surface area contributed by atoms with Crippen molar-refractivity contribution in [1.29, 1.82) is 0 Å². The Bertz CT molecular complexity index is 1430. The predicted molar refractivity (Wildman–Crippen MR) is 138 cm³/mol. The maximum absolute atomic E-state index is 6.18. The number of hydrogen-bond donors (Lipinski definition) is 0. The van der Waals surface area contributed by atoms with Gasteiger partial charge in [-0.25, -0.2) is 4.98 Å². The zero-order valence-corrected chi connectivity index (χ0v) is 20.2. The summed E-state index contributed by atoms with van der Waals surface area (Å²) in [7, 11) is 0. The van der Waals surface area contributed by atoms with Crippen LogP contribution in [-0.4, -0.2) is 19.7 Å². The predicted octanol–water partition coefficient (Wildman–Crippen LogP) is 7.78. The summed E-state index contributed by atoms with van der Waals surface area (Å²) in [5.41, 5.74) is 5.03. The third-order valence-electron chi connectivity index (χ3n) is 5.41. The zero-order valence-electron chi connectivity index (χ0n) is 17.9. The van der Waals surface area contributed by atoms with Gasteiger partial charge >= 0.3 is 0 Å². The van der Waals surface area contributed by atoms with Crippen LogP contribution in [0.3, 0.4) is 0 Å². The van der Waals surface area contributed by atoms with Crippen molar-refractivity contribution in [3.8, 4) is 22.6 Å². The lowest BCUT2D eigenvalue weighted by atomic mass is 10.0. The highest BCUT2D eigenvalue weighted by atomic mass is 35.5. The quantitative estimate of drug-likeness (QED) is 0.228. The van der Waals surface area contributed by atoms with Crippen LogP contribution < -0.4 is 0 Å². The fourth-order valence-electron chi connectivity index (χ4n) is 3.77. The first-order valence-electron chi connectivity index (χ1n) is 10.6. The highest BCUT2D eigenvalue weighted by molar-refractivity contribution is 7.98. The maximum atomic E-state index is 6.18. The molecule has 0 atom stereocenters. The molecule has 33 heavy (non-hydrogen) atoms. The molecule has 4 nitrogen and oxygen atoms in total. The van der Waals surface area contributed by atoms with Crippen LogP contribution in [0.5, 0.6) is 0 Å². The normalized spacial score (nSPS) is 11.2. The zero-order chi connectivity index (χ0) is 22.8. The van der Waals surface area contributed by atoms with E-state index in [0.717, 1.165) is 56.6 Å². The van der Waals surface area contributed by atoms with Crippen molar-refractivity contribution in [2.75, 3.05) is 0 Å². The number of thioether (sulfide) groups is 1. The van der Waals surface area contributed by atoms with E-state index in [1.54, 1.807) is 11.8 Å². The molecule has 0 saturated heterocycles. The largest absolute Gasteiger partial charge is 0.302 e. The van der Waals surface area contributed by atoms with Crippen molar-refractivity contribution in [1.82, 2.24) is 19.7 Å². The van der Waals surface area contributed by atoms with Gasteiger partial charge < -0.3 is 4.57 Å². The lowest BCUT2D eigenvalue weighted by Crippen LogP contribution is -2.01. The summed E-state index contributed by atoms with van der Waals surface area (Å²) in [4.78, 5) is 4.90. The van der Waals surface area contributed by atoms with E-state index in [1.165, 1.54) is 0 Å². The van der Waals surface area contributed by atoms with E-state index in [-0.39, 0.29) is 0 Å². The molecule has 0 spiro atoms. The fourth-order valence-corrected chi connectivity index (χ4v) is 5.04. The molecule has 0 radical (unpaired) electrons. The van der Waals surface area contributed by atoms with Gasteiger partial charge in [0.15, 0.2) is 11.0 Å². The maximum Gasteiger partial charge on any atom is 0.191 e. The monoisotopic (exact) mass is 490 g/mol. The number of pyridine rings is 1. The Labute approximate surface area is 206 Å². The van der Waals surface area contributed by atoms with Crippen molar-refractivity contribution >= 4 is 45.9 Å². The molecule has 2 heterocycles. The number of halogens is 2. The molecule has 0 fully saturated rings. The number of nitrogens with zero attached hydrogens (tertiary/aromatic N) is 4. The standard InChI is InChI=1S/C26H20Cl2N4S/c1-2-32-25(30-31-26(32)33-16-17-12-13-21(27)22(28)14-17)20-15-24(18-8-4-3-5-9-18)29-23-11-7-6-10-19(20)23/h3-15H,2,16H2,1H3. The number of aromatic nitrogens is 4. The summed E-state index contributed by atoms with van der Waals surface area (Å²) >= 11 is 13.9. The molecule has 0 aliphatic carbocycles. The van der Waals surface area contributed by atoms with E-state index < -0.39 is 0 Å². The SMILES string of the molecule is CCn1c(SCc2ccc(Cl)c(Cl)c2)nnc1-c1cc(-c2ccccc2)nc2ccccc12. The highest BCUT2D eigenvalue weighted by Gasteiger charge is 2.18. The Morgan fingerprint density at radius 2 is 1.64 bits per heavy atom. The van der Waals surface area contributed by atoms with E-state index in [9.17, 15) is 0 Å². The average Bonchev–Trinajstić information content (AvgIpc) is 3.27. The topological polar surface area (TPSA) is 43.6 Å². The second kappa shape index (κ2) is 9.56. The van der Waals surface area contributed by atoms with E-state index in [1.807, 2.05) is 54.6 Å². The van der Waals surface area contributed by atoms with E-state index in [2.05, 4.69) is 46.0 Å². The summed E-state index contributed by atoms with van der Waals surface area (Å²) < 4.78 is 2.15. The van der Waals surface area contributed by atoms with Crippen LogP contribution in [0.1, 0.15) is 12.5 Å². The van der Waals surface area contributed by atoms with Crippen molar-refractivity contribution in [2.24, 2.45) is 0 Å². The summed E-state index contributed by atoms with van der Waals surface area (Å²) in [6.45, 7) is 2.86. The second-order valence-electron chi connectivity index (χ2n) is 7.53. The van der Waals surface area contributed by atoms with E-state index >= 15 is 0 Å². The Kier molecular flexibility index (Phi) is 6.36. The Morgan fingerprint density at radius 3 is 2.42 bits per heavy atom. The molecular formula is C26H20Cl2N4S. The van der Waals surface area contributed by atoms with Crippen molar-refractivity contribution in [3.05, 3.63) is 94.5 Å². The van der Waals surface area contributed by atoms with E-state index in [4.69, 9.17) is 28.2 Å². The number of benzene rings is 3. The van der Waals surface area contributed by atoms with Crippen molar-refractivity contribution in [2.45, 2.75) is 24.4 Å². The Morgan fingerprint density at radius 1 is 0.848 bits per heavy atom. The molecule has 5 rings (SSSR count). The van der Waals surface area contributed by atoms with Crippen LogP contribution in [0.25, 0.3) is 33.5 Å². The molecule has 164 valence electrons. The summed E-state index contributed by atoms with van der Waals surface area (Å²) in [5, 5.41) is 12.2. The van der Waals surface area contributed by atoms with Crippen molar-refractivity contribution in [3.63, 3.8) is 0 Å². The van der Waals surface area contributed by atoms with Gasteiger partial charge in [-0.2, -0.15) is 0 Å². The summed E-state index contributed by atoms with van der Waals surface area (Å²) in [6.07, 6.45) is 0. The number of hydrogen-bond acceptors (Lipinski definition) is 4. The van der Waals surface area contributed by atoms with Gasteiger partial charge in [0.25, 0.3) is 0 Å². The molecule has 0 amide bonds. The van der Waals surface area contributed by atoms with Crippen LogP contribution >= 0.6 is 35.0 Å². The average molecular weight is 491 g/mol. The summed E-state index contributed by atoms with van der Waals surface area (Å²) in [6, 6.07) is 26.2. The lowest BCUT2D eigenvalue weighted by molar-refractivity contribution is 0.687. The minimum atomic E-state index is 0.559. The molecule has 0 N–H and O–H groups in total. The minimum absolute atomic E-state index is 0.559.